The third-order valence-electron chi connectivity index (χ3n) is 7.15. The molecule has 1 N–H and O–H groups in total. The van der Waals surface area contributed by atoms with Crippen LogP contribution in [0.3, 0.4) is 0 Å². The summed E-state index contributed by atoms with van der Waals surface area (Å²) in [6.45, 7) is 15.5. The summed E-state index contributed by atoms with van der Waals surface area (Å²) in [5, 5.41) is 1.98. The van der Waals surface area contributed by atoms with Crippen molar-refractivity contribution in [1.82, 2.24) is 15.3 Å². The van der Waals surface area contributed by atoms with Gasteiger partial charge in [0.15, 0.2) is 0 Å². The summed E-state index contributed by atoms with van der Waals surface area (Å²) in [6.07, 6.45) is 10.2. The third kappa shape index (κ3) is 5.75. The van der Waals surface area contributed by atoms with E-state index in [1.165, 1.54) is 0 Å². The van der Waals surface area contributed by atoms with Crippen LogP contribution in [-0.2, 0) is 14.3 Å². The van der Waals surface area contributed by atoms with Gasteiger partial charge in [-0.2, -0.15) is 0 Å². The number of hydrazine groups is 1. The quantitative estimate of drug-likeness (QED) is 0.388. The van der Waals surface area contributed by atoms with E-state index >= 15 is 0 Å². The number of nitrogens with one attached hydrogen (secondary N) is 1. The van der Waals surface area contributed by atoms with Gasteiger partial charge >= 0.3 is 0 Å². The van der Waals surface area contributed by atoms with Gasteiger partial charge in [-0.3, -0.25) is 4.79 Å². The highest BCUT2D eigenvalue weighted by atomic mass is 16.7. The van der Waals surface area contributed by atoms with Crippen LogP contribution in [0.4, 0.5) is 0 Å². The Hall–Kier alpha value is -0.950. The van der Waals surface area contributed by atoms with E-state index in [0.29, 0.717) is 19.1 Å². The summed E-state index contributed by atoms with van der Waals surface area (Å²) in [5.74, 6) is -0.439. The van der Waals surface area contributed by atoms with Crippen molar-refractivity contribution in [2.75, 3.05) is 40.4 Å². The molecule has 1 heterocycles. The fourth-order valence-electron chi connectivity index (χ4n) is 5.49. The Labute approximate surface area is 197 Å². The maximum Gasteiger partial charge on any atom is 0.227 e. The standard InChI is InChI=1S/C26H49N3O3/c1-9-13-16-26(31-19-24(5,6)20-32-26)25(27-28(7)8)17-15-21(14-10-2)18-22(25)23(30)29(11-3)12-4/h13,16,21-22,27H,9-12,14-15,17-20H2,1-8H3/b16-13+. The number of rotatable bonds is 10. The fourth-order valence-corrected chi connectivity index (χ4v) is 5.49. The molecule has 2 aliphatic rings. The first-order chi connectivity index (χ1) is 15.1. The Morgan fingerprint density at radius 1 is 1.09 bits per heavy atom. The summed E-state index contributed by atoms with van der Waals surface area (Å²) >= 11 is 0. The lowest BCUT2D eigenvalue weighted by molar-refractivity contribution is -0.323. The normalized spacial score (nSPS) is 30.0. The first-order valence-electron chi connectivity index (χ1n) is 12.8. The maximum absolute atomic E-state index is 14.0. The molecule has 6 heteroatoms. The maximum atomic E-state index is 14.0. The SMILES string of the molecule is CC/C=C/C1(C2(NN(C)C)CCC(CCC)CC2C(=O)N(CC)CC)OCC(C)(C)CO1. The highest BCUT2D eigenvalue weighted by Crippen LogP contribution is 2.50. The van der Waals surface area contributed by atoms with Crippen molar-refractivity contribution in [3.8, 4) is 0 Å². The van der Waals surface area contributed by atoms with E-state index in [9.17, 15) is 4.79 Å². The summed E-state index contributed by atoms with van der Waals surface area (Å²) < 4.78 is 13.4. The molecular weight excluding hydrogens is 402 g/mol. The minimum atomic E-state index is -0.979. The predicted octanol–water partition coefficient (Wildman–Crippen LogP) is 4.61. The Kier molecular flexibility index (Phi) is 9.77. The second-order valence-electron chi connectivity index (χ2n) is 10.7. The number of allylic oxidation sites excluding steroid dienone is 1. The lowest BCUT2D eigenvalue weighted by atomic mass is 9.63. The topological polar surface area (TPSA) is 54.0 Å². The van der Waals surface area contributed by atoms with Gasteiger partial charge in [0, 0.05) is 32.6 Å². The number of hydrogen-bond acceptors (Lipinski definition) is 5. The van der Waals surface area contributed by atoms with E-state index in [1.807, 2.05) is 24.0 Å². The van der Waals surface area contributed by atoms with E-state index in [-0.39, 0.29) is 17.2 Å². The Morgan fingerprint density at radius 3 is 2.22 bits per heavy atom. The average molecular weight is 452 g/mol. The van der Waals surface area contributed by atoms with E-state index in [1.54, 1.807) is 0 Å². The highest BCUT2D eigenvalue weighted by Gasteiger charge is 2.63. The number of ether oxygens (including phenoxy) is 2. The molecule has 1 aliphatic carbocycles. The second-order valence-corrected chi connectivity index (χ2v) is 10.7. The van der Waals surface area contributed by atoms with E-state index in [2.05, 4.69) is 59.1 Å². The molecule has 1 saturated carbocycles. The Morgan fingerprint density at radius 2 is 1.72 bits per heavy atom. The lowest BCUT2D eigenvalue weighted by Crippen LogP contribution is -2.75. The summed E-state index contributed by atoms with van der Waals surface area (Å²) in [6, 6.07) is 0. The van der Waals surface area contributed by atoms with Gasteiger partial charge in [0.2, 0.25) is 11.7 Å². The van der Waals surface area contributed by atoms with Crippen molar-refractivity contribution in [1.29, 1.82) is 0 Å². The number of carbonyl (C=O) groups excluding carboxylic acids is 1. The molecule has 2 fully saturated rings. The largest absolute Gasteiger partial charge is 0.344 e. The first kappa shape index (κ1) is 27.3. The second kappa shape index (κ2) is 11.5. The number of hydrogen-bond donors (Lipinski definition) is 1. The van der Waals surface area contributed by atoms with Gasteiger partial charge in [-0.1, -0.05) is 46.6 Å². The smallest absolute Gasteiger partial charge is 0.227 e. The van der Waals surface area contributed by atoms with Crippen LogP contribution in [0.25, 0.3) is 0 Å². The minimum Gasteiger partial charge on any atom is -0.344 e. The molecule has 3 atom stereocenters. The van der Waals surface area contributed by atoms with Gasteiger partial charge in [-0.05, 0) is 51.5 Å². The van der Waals surface area contributed by atoms with Gasteiger partial charge in [0.05, 0.1) is 19.1 Å². The van der Waals surface area contributed by atoms with Gasteiger partial charge in [-0.25, -0.2) is 10.4 Å². The monoisotopic (exact) mass is 451 g/mol. The van der Waals surface area contributed by atoms with Crippen LogP contribution < -0.4 is 5.43 Å². The number of nitrogens with zero attached hydrogens (tertiary/aromatic N) is 2. The molecule has 6 nitrogen and oxygen atoms in total. The number of amides is 1. The molecule has 0 aromatic heterocycles. The molecule has 32 heavy (non-hydrogen) atoms. The van der Waals surface area contributed by atoms with Crippen LogP contribution >= 0.6 is 0 Å². The Bertz CT molecular complexity index is 620. The van der Waals surface area contributed by atoms with Crippen molar-refractivity contribution in [2.45, 2.75) is 91.4 Å². The molecule has 0 bridgehead atoms. The van der Waals surface area contributed by atoms with Crippen molar-refractivity contribution in [3.05, 3.63) is 12.2 Å². The first-order valence-corrected chi connectivity index (χ1v) is 12.8. The van der Waals surface area contributed by atoms with Gasteiger partial charge in [0.1, 0.15) is 5.54 Å². The van der Waals surface area contributed by atoms with E-state index in [0.717, 1.165) is 51.6 Å². The van der Waals surface area contributed by atoms with Gasteiger partial charge < -0.3 is 14.4 Å². The summed E-state index contributed by atoms with van der Waals surface area (Å²) in [5.41, 5.74) is 3.00. The van der Waals surface area contributed by atoms with Crippen LogP contribution in [-0.4, -0.2) is 67.5 Å². The van der Waals surface area contributed by atoms with Crippen LogP contribution in [0.1, 0.15) is 80.1 Å². The number of carbonyl (C=O) groups is 1. The molecular formula is C26H49N3O3. The van der Waals surface area contributed by atoms with E-state index < -0.39 is 11.3 Å². The zero-order valence-corrected chi connectivity index (χ0v) is 22.0. The third-order valence-corrected chi connectivity index (χ3v) is 7.15. The lowest BCUT2D eigenvalue weighted by Gasteiger charge is -2.58. The molecule has 0 aromatic rings. The average Bonchev–Trinajstić information content (AvgIpc) is 2.75. The summed E-state index contributed by atoms with van der Waals surface area (Å²) in [7, 11) is 4.01. The van der Waals surface area contributed by atoms with Crippen LogP contribution in [0.15, 0.2) is 12.2 Å². The highest BCUT2D eigenvalue weighted by molar-refractivity contribution is 5.81. The molecule has 0 spiro atoms. The molecule has 1 aliphatic heterocycles. The predicted molar refractivity (Wildman–Crippen MR) is 131 cm³/mol. The van der Waals surface area contributed by atoms with Crippen LogP contribution in [0, 0.1) is 17.3 Å². The van der Waals surface area contributed by atoms with Gasteiger partial charge in [-0.15, -0.1) is 0 Å². The molecule has 186 valence electrons. The molecule has 0 radical (unpaired) electrons. The van der Waals surface area contributed by atoms with Crippen molar-refractivity contribution >= 4 is 5.91 Å². The fraction of sp³-hybridized carbons (Fsp3) is 0.885. The van der Waals surface area contributed by atoms with E-state index in [4.69, 9.17) is 9.47 Å². The molecule has 1 amide bonds. The zero-order chi connectivity index (χ0) is 24.0. The zero-order valence-electron chi connectivity index (χ0n) is 22.0. The molecule has 2 rings (SSSR count). The van der Waals surface area contributed by atoms with Gasteiger partial charge in [0.25, 0.3) is 0 Å². The van der Waals surface area contributed by atoms with Crippen LogP contribution in [0.5, 0.6) is 0 Å². The minimum absolute atomic E-state index is 0.0549. The van der Waals surface area contributed by atoms with Crippen molar-refractivity contribution in [3.63, 3.8) is 0 Å². The molecule has 0 aromatic carbocycles. The van der Waals surface area contributed by atoms with Crippen LogP contribution in [0.2, 0.25) is 0 Å². The van der Waals surface area contributed by atoms with Crippen molar-refractivity contribution < 1.29 is 14.3 Å². The summed E-state index contributed by atoms with van der Waals surface area (Å²) in [4.78, 5) is 16.0. The molecule has 1 saturated heterocycles. The molecule has 3 unspecified atom stereocenters. The Balaban J connectivity index is 2.63. The van der Waals surface area contributed by atoms with Crippen molar-refractivity contribution in [2.24, 2.45) is 17.3 Å².